The first-order valence-corrected chi connectivity index (χ1v) is 8.61. The van der Waals surface area contributed by atoms with Crippen LogP contribution < -0.4 is 5.32 Å². The van der Waals surface area contributed by atoms with Crippen molar-refractivity contribution in [2.45, 2.75) is 52.1 Å². The monoisotopic (exact) mass is 315 g/mol. The van der Waals surface area contributed by atoms with Crippen molar-refractivity contribution in [2.24, 2.45) is 5.92 Å². The second kappa shape index (κ2) is 8.30. The predicted octanol–water partition coefficient (Wildman–Crippen LogP) is 3.89. The molecule has 0 saturated carbocycles. The summed E-state index contributed by atoms with van der Waals surface area (Å²) in [6.07, 6.45) is 5.92. The van der Waals surface area contributed by atoms with Gasteiger partial charge in [0.05, 0.1) is 0 Å². The standard InChI is InChI=1S/C20H29NO2/c1-20(2,3)23-19(22)18(15-17-11-13-21-14-12-17)10-9-16-7-5-4-6-8-16/h4-8,10,17,21H,9,11-15H2,1-3H3. The van der Waals surface area contributed by atoms with Crippen molar-refractivity contribution in [3.05, 3.63) is 47.5 Å². The Labute approximate surface area is 140 Å². The van der Waals surface area contributed by atoms with Gasteiger partial charge in [0.15, 0.2) is 0 Å². The van der Waals surface area contributed by atoms with Crippen molar-refractivity contribution in [1.29, 1.82) is 0 Å². The highest BCUT2D eigenvalue weighted by Gasteiger charge is 2.23. The van der Waals surface area contributed by atoms with Crippen LogP contribution in [0, 0.1) is 5.92 Å². The number of hydrogen-bond acceptors (Lipinski definition) is 3. The van der Waals surface area contributed by atoms with E-state index in [0.717, 1.165) is 44.3 Å². The van der Waals surface area contributed by atoms with Gasteiger partial charge >= 0.3 is 5.97 Å². The van der Waals surface area contributed by atoms with Gasteiger partial charge in [0.2, 0.25) is 0 Å². The lowest BCUT2D eigenvalue weighted by molar-refractivity contribution is -0.150. The number of ether oxygens (including phenoxy) is 1. The van der Waals surface area contributed by atoms with Gasteiger partial charge in [-0.3, -0.25) is 0 Å². The van der Waals surface area contributed by atoms with Crippen molar-refractivity contribution in [1.82, 2.24) is 5.32 Å². The molecule has 1 aromatic carbocycles. The van der Waals surface area contributed by atoms with Gasteiger partial charge in [-0.2, -0.15) is 0 Å². The molecule has 3 heteroatoms. The third kappa shape index (κ3) is 6.57. The Morgan fingerprint density at radius 3 is 2.48 bits per heavy atom. The maximum Gasteiger partial charge on any atom is 0.334 e. The van der Waals surface area contributed by atoms with Crippen LogP contribution in [0.5, 0.6) is 0 Å². The van der Waals surface area contributed by atoms with Crippen molar-refractivity contribution in [2.75, 3.05) is 13.1 Å². The second-order valence-electron chi connectivity index (χ2n) is 7.32. The molecule has 1 N–H and O–H groups in total. The number of hydrogen-bond donors (Lipinski definition) is 1. The number of esters is 1. The molecule has 0 amide bonds. The van der Waals surface area contributed by atoms with E-state index in [1.807, 2.05) is 39.0 Å². The highest BCUT2D eigenvalue weighted by Crippen LogP contribution is 2.23. The first kappa shape index (κ1) is 17.7. The fourth-order valence-electron chi connectivity index (χ4n) is 2.85. The second-order valence-corrected chi connectivity index (χ2v) is 7.32. The van der Waals surface area contributed by atoms with E-state index in [2.05, 4.69) is 23.5 Å². The van der Waals surface area contributed by atoms with E-state index in [1.54, 1.807) is 0 Å². The predicted molar refractivity (Wildman–Crippen MR) is 94.3 cm³/mol. The summed E-state index contributed by atoms with van der Waals surface area (Å²) in [5.74, 6) is 0.415. The maximum atomic E-state index is 12.5. The first-order chi connectivity index (χ1) is 10.9. The highest BCUT2D eigenvalue weighted by atomic mass is 16.6. The Bertz CT molecular complexity index is 522. The molecule has 3 nitrogen and oxygen atoms in total. The van der Waals surface area contributed by atoms with E-state index in [0.29, 0.717) is 5.92 Å². The van der Waals surface area contributed by atoms with Crippen molar-refractivity contribution >= 4 is 5.97 Å². The largest absolute Gasteiger partial charge is 0.457 e. The number of carbonyl (C=O) groups is 1. The zero-order valence-corrected chi connectivity index (χ0v) is 14.6. The summed E-state index contributed by atoms with van der Waals surface area (Å²) in [6, 6.07) is 10.3. The van der Waals surface area contributed by atoms with Crippen LogP contribution in [0.4, 0.5) is 0 Å². The zero-order chi connectivity index (χ0) is 16.7. The lowest BCUT2D eigenvalue weighted by Gasteiger charge is -2.25. The van der Waals surface area contributed by atoms with Crippen LogP contribution in [0.25, 0.3) is 0 Å². The molecule has 0 atom stereocenters. The molecule has 0 spiro atoms. The Morgan fingerprint density at radius 2 is 1.87 bits per heavy atom. The quantitative estimate of drug-likeness (QED) is 0.662. The van der Waals surface area contributed by atoms with Crippen LogP contribution in [0.15, 0.2) is 42.0 Å². The van der Waals surface area contributed by atoms with E-state index in [1.165, 1.54) is 5.56 Å². The summed E-state index contributed by atoms with van der Waals surface area (Å²) in [5, 5.41) is 3.38. The number of rotatable bonds is 5. The third-order valence-corrected chi connectivity index (χ3v) is 4.06. The molecule has 1 aromatic rings. The van der Waals surface area contributed by atoms with Crippen LogP contribution >= 0.6 is 0 Å². The number of benzene rings is 1. The zero-order valence-electron chi connectivity index (χ0n) is 14.6. The van der Waals surface area contributed by atoms with Gasteiger partial charge in [-0.1, -0.05) is 36.4 Å². The van der Waals surface area contributed by atoms with Crippen LogP contribution in [0.1, 0.15) is 45.6 Å². The van der Waals surface area contributed by atoms with Crippen LogP contribution in [0.3, 0.4) is 0 Å². The van der Waals surface area contributed by atoms with E-state index in [9.17, 15) is 4.79 Å². The molecule has 1 fully saturated rings. The summed E-state index contributed by atoms with van der Waals surface area (Å²) < 4.78 is 5.61. The van der Waals surface area contributed by atoms with Gasteiger partial charge in [0.1, 0.15) is 5.60 Å². The number of nitrogens with one attached hydrogen (secondary N) is 1. The van der Waals surface area contributed by atoms with Crippen molar-refractivity contribution < 1.29 is 9.53 Å². The average molecular weight is 315 g/mol. The minimum atomic E-state index is -0.447. The van der Waals surface area contributed by atoms with Gasteiger partial charge in [0, 0.05) is 5.57 Å². The van der Waals surface area contributed by atoms with Gasteiger partial charge < -0.3 is 10.1 Å². The van der Waals surface area contributed by atoms with E-state index in [-0.39, 0.29) is 5.97 Å². The minimum absolute atomic E-state index is 0.160. The Kier molecular flexibility index (Phi) is 6.40. The molecule has 0 aliphatic carbocycles. The lowest BCUT2D eigenvalue weighted by Crippen LogP contribution is -2.30. The van der Waals surface area contributed by atoms with Crippen molar-refractivity contribution in [3.63, 3.8) is 0 Å². The summed E-state index contributed by atoms with van der Waals surface area (Å²) in [6.45, 7) is 7.86. The van der Waals surface area contributed by atoms with Gasteiger partial charge in [0.25, 0.3) is 0 Å². The molecular formula is C20H29NO2. The molecule has 0 unspecified atom stereocenters. The van der Waals surface area contributed by atoms with Gasteiger partial charge in [-0.05, 0) is 71.0 Å². The summed E-state index contributed by atoms with van der Waals surface area (Å²) in [4.78, 5) is 12.5. The number of allylic oxidation sites excluding steroid dienone is 1. The maximum absolute atomic E-state index is 12.5. The number of carbonyl (C=O) groups excluding carboxylic acids is 1. The molecule has 2 rings (SSSR count). The first-order valence-electron chi connectivity index (χ1n) is 8.61. The van der Waals surface area contributed by atoms with Gasteiger partial charge in [-0.15, -0.1) is 0 Å². The highest BCUT2D eigenvalue weighted by molar-refractivity contribution is 5.88. The van der Waals surface area contributed by atoms with Crippen LogP contribution in [0.2, 0.25) is 0 Å². The molecule has 126 valence electrons. The molecule has 1 saturated heterocycles. The van der Waals surface area contributed by atoms with E-state index in [4.69, 9.17) is 4.74 Å². The van der Waals surface area contributed by atoms with E-state index >= 15 is 0 Å². The fourth-order valence-corrected chi connectivity index (χ4v) is 2.85. The van der Waals surface area contributed by atoms with Crippen molar-refractivity contribution in [3.8, 4) is 0 Å². The molecule has 23 heavy (non-hydrogen) atoms. The molecule has 0 aromatic heterocycles. The smallest absolute Gasteiger partial charge is 0.334 e. The average Bonchev–Trinajstić information content (AvgIpc) is 2.51. The minimum Gasteiger partial charge on any atom is -0.457 e. The molecule has 1 heterocycles. The van der Waals surface area contributed by atoms with Gasteiger partial charge in [-0.25, -0.2) is 4.79 Å². The molecule has 1 aliphatic heterocycles. The SMILES string of the molecule is CC(C)(C)OC(=O)C(=CCc1ccccc1)CC1CCNCC1. The van der Waals surface area contributed by atoms with Crippen LogP contribution in [-0.4, -0.2) is 24.7 Å². The Balaban J connectivity index is 2.07. The molecule has 0 radical (unpaired) electrons. The fraction of sp³-hybridized carbons (Fsp3) is 0.550. The summed E-state index contributed by atoms with van der Waals surface area (Å²) >= 11 is 0. The Hall–Kier alpha value is -1.61. The summed E-state index contributed by atoms with van der Waals surface area (Å²) in [7, 11) is 0. The summed E-state index contributed by atoms with van der Waals surface area (Å²) in [5.41, 5.74) is 1.60. The number of piperidine rings is 1. The van der Waals surface area contributed by atoms with Crippen LogP contribution in [-0.2, 0) is 16.0 Å². The lowest BCUT2D eigenvalue weighted by atomic mass is 9.90. The molecule has 1 aliphatic rings. The third-order valence-electron chi connectivity index (χ3n) is 4.06. The normalized spacial score (nSPS) is 17.1. The molecular weight excluding hydrogens is 286 g/mol. The van der Waals surface area contributed by atoms with E-state index < -0.39 is 5.60 Å². The molecule has 0 bridgehead atoms. The Morgan fingerprint density at radius 1 is 1.22 bits per heavy atom. The topological polar surface area (TPSA) is 38.3 Å².